The molecule has 0 radical (unpaired) electrons. The van der Waals surface area contributed by atoms with Crippen LogP contribution in [-0.2, 0) is 9.53 Å². The van der Waals surface area contributed by atoms with E-state index in [2.05, 4.69) is 5.32 Å². The van der Waals surface area contributed by atoms with Crippen LogP contribution in [0.3, 0.4) is 0 Å². The first-order chi connectivity index (χ1) is 8.52. The zero-order valence-electron chi connectivity index (χ0n) is 11.1. The summed E-state index contributed by atoms with van der Waals surface area (Å²) in [5.74, 6) is -0.298. The number of aliphatic carboxylic acids is 1. The van der Waals surface area contributed by atoms with Crippen LogP contribution in [0, 0.1) is 0 Å². The second-order valence-corrected chi connectivity index (χ2v) is 4.88. The fourth-order valence-corrected chi connectivity index (χ4v) is 1.77. The highest BCUT2D eigenvalue weighted by molar-refractivity contribution is 7.98. The number of carboxylic acids is 1. The number of hydrogen-bond donors (Lipinski definition) is 2. The molecule has 0 aromatic rings. The normalized spacial score (nSPS) is 11.9. The van der Waals surface area contributed by atoms with E-state index >= 15 is 0 Å². The van der Waals surface area contributed by atoms with Gasteiger partial charge in [-0.1, -0.05) is 0 Å². The van der Waals surface area contributed by atoms with Crippen molar-refractivity contribution in [2.45, 2.75) is 18.9 Å². The average molecular weight is 278 g/mol. The Morgan fingerprint density at radius 2 is 2.17 bits per heavy atom. The van der Waals surface area contributed by atoms with Gasteiger partial charge < -0.3 is 20.1 Å². The summed E-state index contributed by atoms with van der Waals surface area (Å²) in [4.78, 5) is 24.1. The minimum Gasteiger partial charge on any atom is -0.480 e. The maximum Gasteiger partial charge on any atom is 0.326 e. The molecular weight excluding hydrogens is 256 g/mol. The van der Waals surface area contributed by atoms with Crippen LogP contribution in [0.2, 0.25) is 0 Å². The van der Waals surface area contributed by atoms with Gasteiger partial charge >= 0.3 is 12.0 Å². The quantitative estimate of drug-likeness (QED) is 0.612. The first-order valence-electron chi connectivity index (χ1n) is 5.75. The third-order valence-electron chi connectivity index (χ3n) is 2.40. The number of carboxylic acid groups (broad SMARTS) is 1. The molecule has 0 rings (SSSR count). The Morgan fingerprint density at radius 1 is 1.50 bits per heavy atom. The average Bonchev–Trinajstić information content (AvgIpc) is 2.33. The minimum atomic E-state index is -0.998. The highest BCUT2D eigenvalue weighted by Gasteiger charge is 2.20. The minimum absolute atomic E-state index is 0.361. The van der Waals surface area contributed by atoms with E-state index in [1.165, 1.54) is 4.90 Å². The third kappa shape index (κ3) is 7.39. The third-order valence-corrected chi connectivity index (χ3v) is 3.04. The molecule has 1 atom stereocenters. The van der Waals surface area contributed by atoms with Gasteiger partial charge in [-0.25, -0.2) is 9.59 Å². The highest BCUT2D eigenvalue weighted by atomic mass is 32.2. The molecular formula is C11H22N2O4S. The van der Waals surface area contributed by atoms with E-state index in [0.29, 0.717) is 25.3 Å². The van der Waals surface area contributed by atoms with Crippen molar-refractivity contribution in [2.24, 2.45) is 0 Å². The highest BCUT2D eigenvalue weighted by Crippen LogP contribution is 2.02. The number of methoxy groups -OCH3 is 1. The topological polar surface area (TPSA) is 78.9 Å². The number of hydrogen-bond acceptors (Lipinski definition) is 4. The van der Waals surface area contributed by atoms with Crippen LogP contribution in [0.15, 0.2) is 0 Å². The summed E-state index contributed by atoms with van der Waals surface area (Å²) in [5, 5.41) is 11.5. The molecule has 0 aliphatic heterocycles. The molecule has 0 aromatic carbocycles. The number of nitrogens with one attached hydrogen (secondary N) is 1. The van der Waals surface area contributed by atoms with Crippen molar-refractivity contribution < 1.29 is 19.4 Å². The predicted octanol–water partition coefficient (Wildman–Crippen LogP) is 0.871. The van der Waals surface area contributed by atoms with Gasteiger partial charge in [0.1, 0.15) is 6.04 Å². The Morgan fingerprint density at radius 3 is 2.67 bits per heavy atom. The molecule has 106 valence electrons. The molecule has 0 aliphatic rings. The van der Waals surface area contributed by atoms with Gasteiger partial charge in [-0.15, -0.1) is 0 Å². The van der Waals surface area contributed by atoms with Crippen molar-refractivity contribution in [3.8, 4) is 0 Å². The van der Waals surface area contributed by atoms with Crippen LogP contribution < -0.4 is 5.32 Å². The molecule has 18 heavy (non-hydrogen) atoms. The van der Waals surface area contributed by atoms with E-state index in [-0.39, 0.29) is 6.03 Å². The van der Waals surface area contributed by atoms with Crippen molar-refractivity contribution >= 4 is 23.8 Å². The maximum absolute atomic E-state index is 11.7. The van der Waals surface area contributed by atoms with Crippen LogP contribution in [0.25, 0.3) is 0 Å². The van der Waals surface area contributed by atoms with Gasteiger partial charge in [-0.2, -0.15) is 11.8 Å². The first-order valence-corrected chi connectivity index (χ1v) is 7.14. The SMILES string of the molecule is COCCCN(C)C(=O)N[C@H](CCSC)C(=O)O. The zero-order chi connectivity index (χ0) is 14.0. The number of carbonyl (C=O) groups excluding carboxylic acids is 1. The van der Waals surface area contributed by atoms with Gasteiger partial charge in [0.25, 0.3) is 0 Å². The molecule has 2 N–H and O–H groups in total. The molecule has 2 amide bonds. The lowest BCUT2D eigenvalue weighted by Gasteiger charge is -2.21. The number of urea groups is 1. The summed E-state index contributed by atoms with van der Waals surface area (Å²) in [6.07, 6.45) is 3.05. The molecule has 0 aromatic heterocycles. The Kier molecular flexibility index (Phi) is 9.49. The fraction of sp³-hybridized carbons (Fsp3) is 0.818. The predicted molar refractivity (Wildman–Crippen MR) is 72.1 cm³/mol. The van der Waals surface area contributed by atoms with E-state index in [1.807, 2.05) is 6.26 Å². The summed E-state index contributed by atoms with van der Waals surface area (Å²) < 4.78 is 4.89. The van der Waals surface area contributed by atoms with Gasteiger partial charge in [-0.3, -0.25) is 0 Å². The van der Waals surface area contributed by atoms with Crippen LogP contribution in [0.4, 0.5) is 4.79 Å². The summed E-state index contributed by atoms with van der Waals surface area (Å²) in [6, 6.07) is -1.19. The summed E-state index contributed by atoms with van der Waals surface area (Å²) in [6.45, 7) is 1.11. The Balaban J connectivity index is 4.10. The van der Waals surface area contributed by atoms with Crippen LogP contribution in [0.1, 0.15) is 12.8 Å². The molecule has 7 heteroatoms. The molecule has 0 aliphatic carbocycles. The number of ether oxygens (including phenoxy) is 1. The van der Waals surface area contributed by atoms with Crippen LogP contribution >= 0.6 is 11.8 Å². The lowest BCUT2D eigenvalue weighted by atomic mass is 10.2. The molecule has 0 saturated carbocycles. The van der Waals surface area contributed by atoms with Gasteiger partial charge in [-0.05, 0) is 24.9 Å². The van der Waals surface area contributed by atoms with E-state index < -0.39 is 12.0 Å². The Hall–Kier alpha value is -0.950. The second kappa shape index (κ2) is 10.0. The number of nitrogens with zero attached hydrogens (tertiary/aromatic N) is 1. The van der Waals surface area contributed by atoms with E-state index in [0.717, 1.165) is 6.42 Å². The summed E-state index contributed by atoms with van der Waals surface area (Å²) in [7, 11) is 3.24. The molecule has 0 unspecified atom stereocenters. The number of amides is 2. The smallest absolute Gasteiger partial charge is 0.326 e. The molecule has 0 bridgehead atoms. The van der Waals surface area contributed by atoms with Crippen molar-refractivity contribution in [1.29, 1.82) is 0 Å². The lowest BCUT2D eigenvalue weighted by molar-refractivity contribution is -0.139. The van der Waals surface area contributed by atoms with Crippen molar-refractivity contribution in [1.82, 2.24) is 10.2 Å². The van der Waals surface area contributed by atoms with Crippen LogP contribution in [0.5, 0.6) is 0 Å². The number of rotatable bonds is 9. The van der Waals surface area contributed by atoms with E-state index in [9.17, 15) is 9.59 Å². The Bertz CT molecular complexity index is 263. The largest absolute Gasteiger partial charge is 0.480 e. The Labute approximate surface area is 112 Å². The first kappa shape index (κ1) is 17.1. The molecule has 0 fully saturated rings. The van der Waals surface area contributed by atoms with E-state index in [4.69, 9.17) is 9.84 Å². The van der Waals surface area contributed by atoms with Crippen molar-refractivity contribution in [2.75, 3.05) is 39.3 Å². The summed E-state index contributed by atoms with van der Waals surface area (Å²) >= 11 is 1.55. The number of thioether (sulfide) groups is 1. The van der Waals surface area contributed by atoms with Gasteiger partial charge in [0, 0.05) is 27.3 Å². The summed E-state index contributed by atoms with van der Waals surface area (Å²) in [5.41, 5.74) is 0. The lowest BCUT2D eigenvalue weighted by Crippen LogP contribution is -2.47. The molecule has 0 saturated heterocycles. The van der Waals surface area contributed by atoms with Gasteiger partial charge in [0.2, 0.25) is 0 Å². The zero-order valence-corrected chi connectivity index (χ0v) is 12.0. The molecule has 6 nitrogen and oxygen atoms in total. The van der Waals surface area contributed by atoms with Crippen molar-refractivity contribution in [3.05, 3.63) is 0 Å². The van der Waals surface area contributed by atoms with Crippen LogP contribution in [-0.4, -0.2) is 67.4 Å². The van der Waals surface area contributed by atoms with Gasteiger partial charge in [0.05, 0.1) is 0 Å². The monoisotopic (exact) mass is 278 g/mol. The van der Waals surface area contributed by atoms with Crippen molar-refractivity contribution in [3.63, 3.8) is 0 Å². The molecule has 0 spiro atoms. The maximum atomic E-state index is 11.7. The molecule has 0 heterocycles. The van der Waals surface area contributed by atoms with Gasteiger partial charge in [0.15, 0.2) is 0 Å². The fourth-order valence-electron chi connectivity index (χ4n) is 1.30. The number of carbonyl (C=O) groups is 2. The van der Waals surface area contributed by atoms with E-state index in [1.54, 1.807) is 25.9 Å². The standard InChI is InChI=1S/C11H22N2O4S/c1-13(6-4-7-17-2)11(16)12-9(10(14)15)5-8-18-3/h9H,4-8H2,1-3H3,(H,12,16)(H,14,15)/t9-/m1/s1. The second-order valence-electron chi connectivity index (χ2n) is 3.89.